The average Bonchev–Trinajstić information content (AvgIpc) is 3.43. The van der Waals surface area contributed by atoms with E-state index in [0.29, 0.717) is 6.54 Å². The second-order valence-corrected chi connectivity index (χ2v) is 11.6. The van der Waals surface area contributed by atoms with Gasteiger partial charge in [0.15, 0.2) is 5.11 Å². The van der Waals surface area contributed by atoms with Crippen molar-refractivity contribution in [1.29, 1.82) is 5.26 Å². The number of alkyl halides is 3. The first kappa shape index (κ1) is 31.3. The van der Waals surface area contributed by atoms with Crippen molar-refractivity contribution in [2.45, 2.75) is 109 Å². The van der Waals surface area contributed by atoms with Crippen LogP contribution in [-0.2, 0) is 11.0 Å². The SMILES string of the molecule is CCC(O)(CC)C1CCCN1CCCCCCCN1C(=S)N(c2ccc(C#N)c(C(F)(F)F)c2)C(=O)C1(C)C. The van der Waals surface area contributed by atoms with Crippen LogP contribution in [0.5, 0.6) is 0 Å². The molecule has 3 rings (SSSR count). The van der Waals surface area contributed by atoms with Gasteiger partial charge in [0.2, 0.25) is 0 Å². The Hall–Kier alpha value is -2.22. The maximum Gasteiger partial charge on any atom is 0.417 e. The third kappa shape index (κ3) is 6.58. The van der Waals surface area contributed by atoms with E-state index in [-0.39, 0.29) is 22.7 Å². The molecule has 1 amide bonds. The summed E-state index contributed by atoms with van der Waals surface area (Å²) in [6, 6.07) is 5.06. The topological polar surface area (TPSA) is 70.8 Å². The molecule has 2 fully saturated rings. The molecule has 1 unspecified atom stereocenters. The van der Waals surface area contributed by atoms with Gasteiger partial charge in [0.1, 0.15) is 5.54 Å². The van der Waals surface area contributed by atoms with Gasteiger partial charge in [-0.25, -0.2) is 0 Å². The van der Waals surface area contributed by atoms with Crippen LogP contribution in [0.1, 0.15) is 96.6 Å². The number of anilines is 1. The Balaban J connectivity index is 1.52. The first-order chi connectivity index (χ1) is 18.3. The highest BCUT2D eigenvalue weighted by molar-refractivity contribution is 7.80. The normalized spacial score (nSPS) is 20.2. The van der Waals surface area contributed by atoms with Gasteiger partial charge in [-0.1, -0.05) is 33.1 Å². The molecule has 0 aliphatic carbocycles. The van der Waals surface area contributed by atoms with E-state index >= 15 is 0 Å². The number of likely N-dealkylation sites (tertiary alicyclic amines) is 1. The molecule has 0 radical (unpaired) electrons. The van der Waals surface area contributed by atoms with Gasteiger partial charge in [-0.3, -0.25) is 14.6 Å². The second kappa shape index (κ2) is 12.5. The summed E-state index contributed by atoms with van der Waals surface area (Å²) in [4.78, 5) is 18.6. The summed E-state index contributed by atoms with van der Waals surface area (Å²) >= 11 is 5.57. The molecule has 1 N–H and O–H groups in total. The van der Waals surface area contributed by atoms with Crippen LogP contribution in [0, 0.1) is 11.3 Å². The van der Waals surface area contributed by atoms with E-state index in [2.05, 4.69) is 18.7 Å². The smallest absolute Gasteiger partial charge is 0.388 e. The summed E-state index contributed by atoms with van der Waals surface area (Å²) in [5, 5.41) is 20.2. The molecular weight excluding hydrogens is 525 g/mol. The molecule has 10 heteroatoms. The van der Waals surface area contributed by atoms with Crippen molar-refractivity contribution in [3.8, 4) is 6.07 Å². The largest absolute Gasteiger partial charge is 0.417 e. The lowest BCUT2D eigenvalue weighted by molar-refractivity contribution is -0.137. The van der Waals surface area contributed by atoms with Crippen LogP contribution in [0.25, 0.3) is 0 Å². The van der Waals surface area contributed by atoms with Crippen molar-refractivity contribution in [1.82, 2.24) is 9.80 Å². The number of rotatable bonds is 12. The van der Waals surface area contributed by atoms with Gasteiger partial charge < -0.3 is 10.0 Å². The van der Waals surface area contributed by atoms with E-state index in [9.17, 15) is 23.1 Å². The molecule has 0 bridgehead atoms. The minimum Gasteiger partial charge on any atom is -0.388 e. The van der Waals surface area contributed by atoms with E-state index in [1.54, 1.807) is 24.8 Å². The molecule has 1 aromatic carbocycles. The minimum atomic E-state index is -4.72. The van der Waals surface area contributed by atoms with Gasteiger partial charge in [0, 0.05) is 12.6 Å². The Kier molecular flexibility index (Phi) is 10.1. The van der Waals surface area contributed by atoms with E-state index in [1.807, 2.05) is 0 Å². The molecule has 0 spiro atoms. The van der Waals surface area contributed by atoms with Gasteiger partial charge in [-0.05, 0) is 95.9 Å². The highest BCUT2D eigenvalue weighted by atomic mass is 32.1. The highest BCUT2D eigenvalue weighted by Crippen LogP contribution is 2.38. The third-order valence-electron chi connectivity index (χ3n) is 8.55. The standard InChI is InChI=1S/C29H41F3N4O2S/c1-5-28(38,6-2)24-13-12-17-34(24)16-10-8-7-9-11-18-35-26(39)36(25(37)27(35,3)4)22-15-14-21(20-33)23(19-22)29(30,31)32/h14-15,19,24,38H,5-13,16-18H2,1-4H3. The van der Waals surface area contributed by atoms with Gasteiger partial charge in [-0.2, -0.15) is 18.4 Å². The summed E-state index contributed by atoms with van der Waals surface area (Å²) in [6.45, 7) is 10.2. The van der Waals surface area contributed by atoms with E-state index < -0.39 is 28.4 Å². The molecule has 1 aromatic rings. The fourth-order valence-corrected chi connectivity index (χ4v) is 6.49. The third-order valence-corrected chi connectivity index (χ3v) is 8.95. The zero-order chi connectivity index (χ0) is 29.0. The molecule has 39 heavy (non-hydrogen) atoms. The Bertz CT molecular complexity index is 1080. The molecule has 0 aromatic heterocycles. The molecule has 2 heterocycles. The lowest BCUT2D eigenvalue weighted by atomic mass is 9.87. The quantitative estimate of drug-likeness (QED) is 0.238. The summed E-state index contributed by atoms with van der Waals surface area (Å²) < 4.78 is 40.5. The van der Waals surface area contributed by atoms with Gasteiger partial charge in [-0.15, -0.1) is 0 Å². The number of hydrogen-bond acceptors (Lipinski definition) is 5. The van der Waals surface area contributed by atoms with E-state index in [4.69, 9.17) is 17.5 Å². The van der Waals surface area contributed by atoms with E-state index in [0.717, 1.165) is 87.9 Å². The van der Waals surface area contributed by atoms with Crippen molar-refractivity contribution < 1.29 is 23.1 Å². The predicted octanol–water partition coefficient (Wildman–Crippen LogP) is 6.26. The fourth-order valence-electron chi connectivity index (χ4n) is 5.98. The Labute approximate surface area is 235 Å². The number of carbonyl (C=O) groups is 1. The fraction of sp³-hybridized carbons (Fsp3) is 0.690. The number of hydrogen-bond donors (Lipinski definition) is 1. The Morgan fingerprint density at radius 3 is 2.31 bits per heavy atom. The number of nitriles is 1. The molecule has 2 aliphatic rings. The van der Waals surface area contributed by atoms with Crippen molar-refractivity contribution in [2.24, 2.45) is 0 Å². The van der Waals surface area contributed by atoms with Crippen LogP contribution in [0.2, 0.25) is 0 Å². The van der Waals surface area contributed by atoms with Crippen LogP contribution in [0.15, 0.2) is 18.2 Å². The lowest BCUT2D eigenvalue weighted by Gasteiger charge is -2.38. The Morgan fingerprint density at radius 2 is 1.72 bits per heavy atom. The first-order valence-corrected chi connectivity index (χ1v) is 14.5. The predicted molar refractivity (Wildman–Crippen MR) is 150 cm³/mol. The number of carbonyl (C=O) groups excluding carboxylic acids is 1. The van der Waals surface area contributed by atoms with Gasteiger partial charge in [0.25, 0.3) is 5.91 Å². The number of benzene rings is 1. The van der Waals surface area contributed by atoms with E-state index in [1.165, 1.54) is 6.07 Å². The number of aliphatic hydroxyl groups is 1. The number of thiocarbonyl (C=S) groups is 1. The maximum absolute atomic E-state index is 13.5. The highest BCUT2D eigenvalue weighted by Gasteiger charge is 2.49. The van der Waals surface area contributed by atoms with Crippen LogP contribution in [0.3, 0.4) is 0 Å². The number of halogens is 3. The zero-order valence-electron chi connectivity index (χ0n) is 23.5. The van der Waals surface area contributed by atoms with Crippen LogP contribution < -0.4 is 4.90 Å². The molecule has 2 aliphatic heterocycles. The molecule has 1 atom stereocenters. The summed E-state index contributed by atoms with van der Waals surface area (Å²) in [5.74, 6) is -0.385. The molecule has 6 nitrogen and oxygen atoms in total. The number of nitrogens with zero attached hydrogens (tertiary/aromatic N) is 4. The van der Waals surface area contributed by atoms with Gasteiger partial charge >= 0.3 is 6.18 Å². The van der Waals surface area contributed by atoms with Crippen molar-refractivity contribution >= 4 is 28.9 Å². The lowest BCUT2D eigenvalue weighted by Crippen LogP contribution is -2.49. The number of unbranched alkanes of at least 4 members (excludes halogenated alkanes) is 4. The van der Waals surface area contributed by atoms with Gasteiger partial charge in [0.05, 0.1) is 28.5 Å². The number of amides is 1. The van der Waals surface area contributed by atoms with Crippen molar-refractivity contribution in [2.75, 3.05) is 24.5 Å². The molecule has 2 saturated heterocycles. The van der Waals surface area contributed by atoms with Crippen LogP contribution in [0.4, 0.5) is 18.9 Å². The molecule has 0 saturated carbocycles. The Morgan fingerprint density at radius 1 is 1.10 bits per heavy atom. The summed E-state index contributed by atoms with van der Waals surface area (Å²) in [6.07, 6.45) is 3.95. The monoisotopic (exact) mass is 566 g/mol. The molecule has 216 valence electrons. The second-order valence-electron chi connectivity index (χ2n) is 11.2. The zero-order valence-corrected chi connectivity index (χ0v) is 24.3. The summed E-state index contributed by atoms with van der Waals surface area (Å²) in [7, 11) is 0. The first-order valence-electron chi connectivity index (χ1n) is 14.1. The summed E-state index contributed by atoms with van der Waals surface area (Å²) in [5.41, 5.74) is -3.14. The molecular formula is C29H41F3N4O2S. The minimum absolute atomic E-state index is 0.0187. The maximum atomic E-state index is 13.5. The van der Waals surface area contributed by atoms with Crippen LogP contribution in [-0.4, -0.2) is 62.7 Å². The average molecular weight is 567 g/mol. The van der Waals surface area contributed by atoms with Crippen LogP contribution >= 0.6 is 12.2 Å². The van der Waals surface area contributed by atoms with Crippen molar-refractivity contribution in [3.63, 3.8) is 0 Å². The van der Waals surface area contributed by atoms with Crippen molar-refractivity contribution in [3.05, 3.63) is 29.3 Å².